The molecule has 4 nitrogen and oxygen atoms in total. The third-order valence-electron chi connectivity index (χ3n) is 3.98. The normalized spacial score (nSPS) is 18.4. The maximum Gasteiger partial charge on any atom is 0.0659 e. The van der Waals surface area contributed by atoms with Crippen LogP contribution in [0.4, 0.5) is 0 Å². The van der Waals surface area contributed by atoms with Crippen molar-refractivity contribution in [3.63, 3.8) is 0 Å². The maximum atomic E-state index is 9.01. The topological polar surface area (TPSA) is 44.9 Å². The molecule has 1 aliphatic rings. The van der Waals surface area contributed by atoms with Gasteiger partial charge < -0.3 is 4.90 Å². The molecular formula is C15H24N4. The SMILES string of the molecule is CCc1nn(CCN(C)C)c2c1C(CC#N)CCC2. The van der Waals surface area contributed by atoms with E-state index in [4.69, 9.17) is 10.4 Å². The average molecular weight is 260 g/mol. The van der Waals surface area contributed by atoms with Gasteiger partial charge in [0.1, 0.15) is 0 Å². The van der Waals surface area contributed by atoms with Crippen molar-refractivity contribution in [3.05, 3.63) is 17.0 Å². The third-order valence-corrected chi connectivity index (χ3v) is 3.98. The minimum atomic E-state index is 0.414. The summed E-state index contributed by atoms with van der Waals surface area (Å²) in [4.78, 5) is 2.19. The van der Waals surface area contributed by atoms with Crippen LogP contribution in [-0.2, 0) is 19.4 Å². The van der Waals surface area contributed by atoms with Gasteiger partial charge >= 0.3 is 0 Å². The molecule has 1 heterocycles. The smallest absolute Gasteiger partial charge is 0.0659 e. The molecule has 0 aliphatic heterocycles. The molecule has 2 rings (SSSR count). The molecule has 104 valence electrons. The predicted octanol–water partition coefficient (Wildman–Crippen LogP) is 2.34. The van der Waals surface area contributed by atoms with Crippen molar-refractivity contribution >= 4 is 0 Å². The van der Waals surface area contributed by atoms with Crippen LogP contribution in [0.15, 0.2) is 0 Å². The lowest BCUT2D eigenvalue weighted by atomic mass is 9.83. The molecule has 0 fully saturated rings. The van der Waals surface area contributed by atoms with Gasteiger partial charge in [-0.05, 0) is 39.8 Å². The van der Waals surface area contributed by atoms with Crippen LogP contribution in [0.5, 0.6) is 0 Å². The Morgan fingerprint density at radius 1 is 1.47 bits per heavy atom. The van der Waals surface area contributed by atoms with Gasteiger partial charge in [-0.2, -0.15) is 10.4 Å². The number of nitriles is 1. The predicted molar refractivity (Wildman–Crippen MR) is 76.1 cm³/mol. The minimum absolute atomic E-state index is 0.414. The number of rotatable bonds is 5. The van der Waals surface area contributed by atoms with E-state index in [0.29, 0.717) is 12.3 Å². The maximum absolute atomic E-state index is 9.01. The molecule has 0 saturated heterocycles. The van der Waals surface area contributed by atoms with Crippen molar-refractivity contribution in [2.45, 2.75) is 51.5 Å². The summed E-state index contributed by atoms with van der Waals surface area (Å²) in [5, 5.41) is 13.8. The second-order valence-electron chi connectivity index (χ2n) is 5.64. The summed E-state index contributed by atoms with van der Waals surface area (Å²) in [5.74, 6) is 0.414. The van der Waals surface area contributed by atoms with Gasteiger partial charge in [0.25, 0.3) is 0 Å². The average Bonchev–Trinajstić information content (AvgIpc) is 2.76. The van der Waals surface area contributed by atoms with E-state index < -0.39 is 0 Å². The summed E-state index contributed by atoms with van der Waals surface area (Å²) >= 11 is 0. The Balaban J connectivity index is 2.30. The summed E-state index contributed by atoms with van der Waals surface area (Å²) < 4.78 is 2.19. The van der Waals surface area contributed by atoms with Crippen LogP contribution in [-0.4, -0.2) is 35.3 Å². The third kappa shape index (κ3) is 2.98. The van der Waals surface area contributed by atoms with E-state index in [9.17, 15) is 0 Å². The first-order chi connectivity index (χ1) is 9.17. The largest absolute Gasteiger partial charge is 0.308 e. The highest BCUT2D eigenvalue weighted by Crippen LogP contribution is 2.36. The van der Waals surface area contributed by atoms with Crippen molar-refractivity contribution in [3.8, 4) is 6.07 Å². The Morgan fingerprint density at radius 2 is 2.26 bits per heavy atom. The van der Waals surface area contributed by atoms with E-state index in [-0.39, 0.29) is 0 Å². The van der Waals surface area contributed by atoms with Crippen LogP contribution < -0.4 is 0 Å². The van der Waals surface area contributed by atoms with E-state index in [2.05, 4.69) is 36.7 Å². The zero-order valence-electron chi connectivity index (χ0n) is 12.3. The minimum Gasteiger partial charge on any atom is -0.308 e. The monoisotopic (exact) mass is 260 g/mol. The lowest BCUT2D eigenvalue weighted by molar-refractivity contribution is 0.366. The molecule has 0 saturated carbocycles. The van der Waals surface area contributed by atoms with Crippen molar-refractivity contribution in [2.75, 3.05) is 20.6 Å². The van der Waals surface area contributed by atoms with Gasteiger partial charge in [0, 0.05) is 30.1 Å². The van der Waals surface area contributed by atoms with E-state index >= 15 is 0 Å². The Kier molecular flexibility index (Phi) is 4.60. The number of aromatic nitrogens is 2. The molecule has 1 atom stereocenters. The van der Waals surface area contributed by atoms with Gasteiger partial charge in [0.05, 0.1) is 18.3 Å². The number of fused-ring (bicyclic) bond motifs is 1. The van der Waals surface area contributed by atoms with Gasteiger partial charge in [-0.3, -0.25) is 4.68 Å². The van der Waals surface area contributed by atoms with Gasteiger partial charge in [-0.1, -0.05) is 6.92 Å². The van der Waals surface area contributed by atoms with E-state index in [1.807, 2.05) is 0 Å². The molecule has 4 heteroatoms. The molecule has 0 N–H and O–H groups in total. The van der Waals surface area contributed by atoms with Crippen LogP contribution in [0.1, 0.15) is 49.1 Å². The lowest BCUT2D eigenvalue weighted by Gasteiger charge is -2.22. The first-order valence-electron chi connectivity index (χ1n) is 7.27. The number of nitrogens with zero attached hydrogens (tertiary/aromatic N) is 4. The number of aryl methyl sites for hydroxylation is 1. The van der Waals surface area contributed by atoms with Crippen LogP contribution in [0.3, 0.4) is 0 Å². The molecular weight excluding hydrogens is 236 g/mol. The Hall–Kier alpha value is -1.34. The van der Waals surface area contributed by atoms with Gasteiger partial charge in [-0.15, -0.1) is 0 Å². The van der Waals surface area contributed by atoms with Crippen LogP contribution in [0.25, 0.3) is 0 Å². The van der Waals surface area contributed by atoms with Crippen molar-refractivity contribution < 1.29 is 0 Å². The van der Waals surface area contributed by atoms with E-state index in [1.165, 1.54) is 23.4 Å². The molecule has 0 radical (unpaired) electrons. The van der Waals surface area contributed by atoms with Crippen LogP contribution >= 0.6 is 0 Å². The zero-order chi connectivity index (χ0) is 13.8. The van der Waals surface area contributed by atoms with E-state index in [0.717, 1.165) is 32.4 Å². The first kappa shape index (κ1) is 14.1. The van der Waals surface area contributed by atoms with Crippen molar-refractivity contribution in [1.29, 1.82) is 5.26 Å². The van der Waals surface area contributed by atoms with Crippen LogP contribution in [0.2, 0.25) is 0 Å². The zero-order valence-corrected chi connectivity index (χ0v) is 12.3. The fourth-order valence-corrected chi connectivity index (χ4v) is 3.02. The number of likely N-dealkylation sites (N-methyl/N-ethyl adjacent to an activating group) is 1. The Morgan fingerprint density at radius 3 is 2.89 bits per heavy atom. The Bertz CT molecular complexity index is 467. The molecule has 1 aliphatic carbocycles. The standard InChI is InChI=1S/C15H24N4/c1-4-13-15-12(8-9-16)6-5-7-14(15)19(17-13)11-10-18(2)3/h12H,4-8,10-11H2,1-3H3. The number of hydrogen-bond acceptors (Lipinski definition) is 3. The summed E-state index contributed by atoms with van der Waals surface area (Å²) in [6, 6.07) is 2.34. The summed E-state index contributed by atoms with van der Waals surface area (Å²) in [7, 11) is 4.18. The van der Waals surface area contributed by atoms with E-state index in [1.54, 1.807) is 0 Å². The van der Waals surface area contributed by atoms with Crippen molar-refractivity contribution in [2.24, 2.45) is 0 Å². The highest BCUT2D eigenvalue weighted by Gasteiger charge is 2.27. The van der Waals surface area contributed by atoms with Crippen LogP contribution in [0, 0.1) is 11.3 Å². The molecule has 1 aromatic heterocycles. The second-order valence-corrected chi connectivity index (χ2v) is 5.64. The molecule has 1 unspecified atom stereocenters. The quantitative estimate of drug-likeness (QED) is 0.816. The number of hydrogen-bond donors (Lipinski definition) is 0. The summed E-state index contributed by atoms with van der Waals surface area (Å²) in [6.45, 7) is 4.13. The summed E-state index contributed by atoms with van der Waals surface area (Å²) in [5.41, 5.74) is 4.01. The highest BCUT2D eigenvalue weighted by atomic mass is 15.3. The molecule has 0 aromatic carbocycles. The highest BCUT2D eigenvalue weighted by molar-refractivity contribution is 5.33. The molecule has 0 spiro atoms. The lowest BCUT2D eigenvalue weighted by Crippen LogP contribution is -2.21. The fourth-order valence-electron chi connectivity index (χ4n) is 3.02. The van der Waals surface area contributed by atoms with Gasteiger partial charge in [0.2, 0.25) is 0 Å². The molecule has 0 amide bonds. The summed E-state index contributed by atoms with van der Waals surface area (Å²) in [6.07, 6.45) is 5.07. The Labute approximate surface area is 116 Å². The van der Waals surface area contributed by atoms with Gasteiger partial charge in [-0.25, -0.2) is 0 Å². The first-order valence-corrected chi connectivity index (χ1v) is 7.27. The second kappa shape index (κ2) is 6.21. The van der Waals surface area contributed by atoms with Crippen molar-refractivity contribution in [1.82, 2.24) is 14.7 Å². The van der Waals surface area contributed by atoms with Gasteiger partial charge in [0.15, 0.2) is 0 Å². The molecule has 1 aromatic rings. The molecule has 19 heavy (non-hydrogen) atoms. The fraction of sp³-hybridized carbons (Fsp3) is 0.733. The molecule has 0 bridgehead atoms.